The second-order valence-corrected chi connectivity index (χ2v) is 7.94. The summed E-state index contributed by atoms with van der Waals surface area (Å²) in [7, 11) is 1.17. The number of ether oxygens (including phenoxy) is 2. The third-order valence-electron chi connectivity index (χ3n) is 4.46. The number of methoxy groups -OCH3 is 1. The molecule has 176 valence electrons. The standard InChI is InChI=1S/C20H19F3N4O5S/c1-5-6-32-18(29)14-10(3)15(19(30)31-4)33-17(14)25-16(28)11-8-13-24-9(2)7-12(20(21,22)23)27(13)26-11/h7-8H,5-6H2,1-4H3,(H,25,28). The van der Waals surface area contributed by atoms with Gasteiger partial charge in [0.1, 0.15) is 15.6 Å². The molecule has 0 aliphatic carbocycles. The third-order valence-corrected chi connectivity index (χ3v) is 5.65. The molecule has 0 unspecified atom stereocenters. The zero-order valence-electron chi connectivity index (χ0n) is 18.0. The molecule has 0 saturated heterocycles. The van der Waals surface area contributed by atoms with Crippen LogP contribution in [0.25, 0.3) is 5.65 Å². The number of nitrogens with zero attached hydrogens (tertiary/aromatic N) is 3. The highest BCUT2D eigenvalue weighted by atomic mass is 32.1. The highest BCUT2D eigenvalue weighted by Gasteiger charge is 2.35. The Morgan fingerprint density at radius 1 is 1.18 bits per heavy atom. The first-order valence-electron chi connectivity index (χ1n) is 9.62. The van der Waals surface area contributed by atoms with E-state index in [4.69, 9.17) is 9.47 Å². The fourth-order valence-corrected chi connectivity index (χ4v) is 4.09. The van der Waals surface area contributed by atoms with Crippen molar-refractivity contribution in [3.8, 4) is 0 Å². The number of alkyl halides is 3. The molecule has 1 amide bonds. The molecule has 0 aliphatic rings. The maximum absolute atomic E-state index is 13.4. The third kappa shape index (κ3) is 4.82. The van der Waals surface area contributed by atoms with Crippen molar-refractivity contribution in [1.29, 1.82) is 0 Å². The number of hydrogen-bond donors (Lipinski definition) is 1. The minimum atomic E-state index is -4.72. The maximum Gasteiger partial charge on any atom is 0.433 e. The molecule has 3 rings (SSSR count). The van der Waals surface area contributed by atoms with Crippen LogP contribution in [0.15, 0.2) is 12.1 Å². The summed E-state index contributed by atoms with van der Waals surface area (Å²) in [6, 6.07) is 1.91. The number of aromatic nitrogens is 3. The van der Waals surface area contributed by atoms with Crippen molar-refractivity contribution in [3.63, 3.8) is 0 Å². The van der Waals surface area contributed by atoms with Crippen molar-refractivity contribution >= 4 is 39.8 Å². The monoisotopic (exact) mass is 484 g/mol. The van der Waals surface area contributed by atoms with Gasteiger partial charge in [-0.1, -0.05) is 6.92 Å². The molecule has 0 aromatic carbocycles. The van der Waals surface area contributed by atoms with Gasteiger partial charge >= 0.3 is 18.1 Å². The second-order valence-electron chi connectivity index (χ2n) is 6.92. The van der Waals surface area contributed by atoms with Crippen molar-refractivity contribution in [3.05, 3.63) is 45.2 Å². The minimum Gasteiger partial charge on any atom is -0.465 e. The van der Waals surface area contributed by atoms with E-state index in [9.17, 15) is 27.6 Å². The molecule has 3 aromatic rings. The highest BCUT2D eigenvalue weighted by molar-refractivity contribution is 7.18. The van der Waals surface area contributed by atoms with Crippen molar-refractivity contribution in [2.75, 3.05) is 19.0 Å². The zero-order valence-corrected chi connectivity index (χ0v) is 18.8. The Morgan fingerprint density at radius 3 is 2.48 bits per heavy atom. The van der Waals surface area contributed by atoms with Gasteiger partial charge in [0, 0.05) is 11.8 Å². The molecule has 33 heavy (non-hydrogen) atoms. The Balaban J connectivity index is 2.02. The summed E-state index contributed by atoms with van der Waals surface area (Å²) in [6.45, 7) is 4.80. The lowest BCUT2D eigenvalue weighted by Gasteiger charge is -2.09. The molecule has 0 bridgehead atoms. The SMILES string of the molecule is CCCOC(=O)c1c(NC(=O)c2cc3nc(C)cc(C(F)(F)F)n3n2)sc(C(=O)OC)c1C. The summed E-state index contributed by atoms with van der Waals surface area (Å²) < 4.78 is 50.5. The Kier molecular flexibility index (Phi) is 6.72. The van der Waals surface area contributed by atoms with E-state index in [0.29, 0.717) is 10.9 Å². The topological polar surface area (TPSA) is 112 Å². The van der Waals surface area contributed by atoms with E-state index in [1.165, 1.54) is 21.0 Å². The van der Waals surface area contributed by atoms with Crippen LogP contribution in [0.1, 0.15) is 60.8 Å². The summed E-state index contributed by atoms with van der Waals surface area (Å²) in [5, 5.41) is 6.17. The van der Waals surface area contributed by atoms with Gasteiger partial charge in [-0.15, -0.1) is 11.3 Å². The Hall–Kier alpha value is -3.48. The van der Waals surface area contributed by atoms with Crippen LogP contribution in [-0.2, 0) is 15.7 Å². The van der Waals surface area contributed by atoms with Crippen LogP contribution < -0.4 is 5.32 Å². The average molecular weight is 484 g/mol. The summed E-state index contributed by atoms with van der Waals surface area (Å²) in [5.74, 6) is -2.37. The highest BCUT2D eigenvalue weighted by Crippen LogP contribution is 2.35. The van der Waals surface area contributed by atoms with Gasteiger partial charge in [-0.3, -0.25) is 4.79 Å². The number of hydrogen-bond acceptors (Lipinski definition) is 8. The van der Waals surface area contributed by atoms with Gasteiger partial charge in [0.15, 0.2) is 11.3 Å². The molecule has 0 atom stereocenters. The van der Waals surface area contributed by atoms with Gasteiger partial charge in [-0.05, 0) is 31.9 Å². The van der Waals surface area contributed by atoms with Crippen LogP contribution in [0.5, 0.6) is 0 Å². The normalized spacial score (nSPS) is 11.5. The molecular weight excluding hydrogens is 465 g/mol. The Labute approximate surface area is 189 Å². The molecular formula is C20H19F3N4O5S. The number of halogens is 3. The van der Waals surface area contributed by atoms with Crippen LogP contribution in [-0.4, -0.2) is 46.2 Å². The van der Waals surface area contributed by atoms with Gasteiger partial charge < -0.3 is 14.8 Å². The number of carbonyl (C=O) groups is 3. The van der Waals surface area contributed by atoms with E-state index >= 15 is 0 Å². The van der Waals surface area contributed by atoms with Gasteiger partial charge in [-0.2, -0.15) is 18.3 Å². The summed E-state index contributed by atoms with van der Waals surface area (Å²) in [5.41, 5.74) is -1.33. The molecule has 0 aliphatic heterocycles. The lowest BCUT2D eigenvalue weighted by molar-refractivity contribution is -0.142. The summed E-state index contributed by atoms with van der Waals surface area (Å²) >= 11 is 0.783. The van der Waals surface area contributed by atoms with E-state index in [0.717, 1.165) is 23.5 Å². The van der Waals surface area contributed by atoms with Crippen molar-refractivity contribution in [2.45, 2.75) is 33.4 Å². The number of amides is 1. The zero-order chi connectivity index (χ0) is 24.5. The van der Waals surface area contributed by atoms with Crippen molar-refractivity contribution in [1.82, 2.24) is 14.6 Å². The Bertz CT molecular complexity index is 1250. The number of thiophene rings is 1. The molecule has 3 heterocycles. The van der Waals surface area contributed by atoms with Gasteiger partial charge in [0.2, 0.25) is 0 Å². The van der Waals surface area contributed by atoms with E-state index in [1.807, 2.05) is 0 Å². The minimum absolute atomic E-state index is 0.0174. The van der Waals surface area contributed by atoms with E-state index < -0.39 is 29.7 Å². The van der Waals surface area contributed by atoms with Gasteiger partial charge in [-0.25, -0.2) is 19.1 Å². The number of carbonyl (C=O) groups excluding carboxylic acids is 3. The number of anilines is 1. The molecule has 0 fully saturated rings. The smallest absolute Gasteiger partial charge is 0.433 e. The average Bonchev–Trinajstić information content (AvgIpc) is 3.31. The van der Waals surface area contributed by atoms with Crippen LogP contribution in [0.3, 0.4) is 0 Å². The number of nitrogens with one attached hydrogen (secondary N) is 1. The molecule has 0 spiro atoms. The van der Waals surface area contributed by atoms with Crippen LogP contribution in [0.4, 0.5) is 18.2 Å². The summed E-state index contributed by atoms with van der Waals surface area (Å²) in [4.78, 5) is 41.5. The number of rotatable bonds is 6. The molecule has 0 radical (unpaired) electrons. The first-order valence-corrected chi connectivity index (χ1v) is 10.4. The lowest BCUT2D eigenvalue weighted by atomic mass is 10.1. The fourth-order valence-electron chi connectivity index (χ4n) is 2.98. The van der Waals surface area contributed by atoms with Crippen LogP contribution in [0, 0.1) is 13.8 Å². The lowest BCUT2D eigenvalue weighted by Crippen LogP contribution is -2.17. The number of aryl methyl sites for hydroxylation is 1. The van der Waals surface area contributed by atoms with E-state index in [1.54, 1.807) is 6.92 Å². The molecule has 1 N–H and O–H groups in total. The molecule has 3 aromatic heterocycles. The number of esters is 2. The molecule has 13 heteroatoms. The maximum atomic E-state index is 13.4. The van der Waals surface area contributed by atoms with Crippen molar-refractivity contribution in [2.24, 2.45) is 0 Å². The van der Waals surface area contributed by atoms with Crippen LogP contribution >= 0.6 is 11.3 Å². The van der Waals surface area contributed by atoms with Crippen molar-refractivity contribution < 1.29 is 37.0 Å². The number of fused-ring (bicyclic) bond motifs is 1. The van der Waals surface area contributed by atoms with Gasteiger partial charge in [0.25, 0.3) is 5.91 Å². The van der Waals surface area contributed by atoms with E-state index in [2.05, 4.69) is 15.4 Å². The second kappa shape index (κ2) is 9.17. The Morgan fingerprint density at radius 2 is 1.88 bits per heavy atom. The molecule has 0 saturated carbocycles. The first-order chi connectivity index (χ1) is 15.5. The largest absolute Gasteiger partial charge is 0.465 e. The van der Waals surface area contributed by atoms with E-state index in [-0.39, 0.29) is 44.6 Å². The summed E-state index contributed by atoms with van der Waals surface area (Å²) in [6.07, 6.45) is -4.17. The molecule has 9 nitrogen and oxygen atoms in total. The first kappa shape index (κ1) is 24.2. The predicted molar refractivity (Wildman–Crippen MR) is 112 cm³/mol. The quantitative estimate of drug-likeness (QED) is 0.526. The fraction of sp³-hybridized carbons (Fsp3) is 0.350. The van der Waals surface area contributed by atoms with Crippen LogP contribution in [0.2, 0.25) is 0 Å². The predicted octanol–water partition coefficient (Wildman–Crippen LogP) is 4.03. The van der Waals surface area contributed by atoms with Gasteiger partial charge in [0.05, 0.1) is 19.3 Å².